The third-order valence-electron chi connectivity index (χ3n) is 2.00. The normalized spacial score (nSPS) is 10.2. The van der Waals surface area contributed by atoms with Gasteiger partial charge in [-0.3, -0.25) is 0 Å². The fraction of sp³-hybridized carbons (Fsp3) is 0.0909. The summed E-state index contributed by atoms with van der Waals surface area (Å²) >= 11 is 0. The molecule has 0 bridgehead atoms. The molecule has 4 heteroatoms. The second kappa shape index (κ2) is 3.57. The van der Waals surface area contributed by atoms with Gasteiger partial charge in [0, 0.05) is 5.56 Å². The number of nitrogens with zero attached hydrogens (tertiary/aromatic N) is 1. The molecule has 0 aliphatic rings. The van der Waals surface area contributed by atoms with Gasteiger partial charge in [0.05, 0.1) is 11.3 Å². The van der Waals surface area contributed by atoms with E-state index in [2.05, 4.69) is 4.98 Å². The predicted octanol–water partition coefficient (Wildman–Crippen LogP) is 2.35. The summed E-state index contributed by atoms with van der Waals surface area (Å²) in [5, 5.41) is 8.71. The Hall–Kier alpha value is -2.10. The molecule has 0 spiro atoms. The van der Waals surface area contributed by atoms with E-state index in [0.29, 0.717) is 5.89 Å². The van der Waals surface area contributed by atoms with E-state index >= 15 is 0 Å². The quantitative estimate of drug-likeness (QED) is 0.813. The minimum atomic E-state index is -0.940. The van der Waals surface area contributed by atoms with Gasteiger partial charge in [-0.2, -0.15) is 0 Å². The van der Waals surface area contributed by atoms with Crippen LogP contribution in [-0.2, 0) is 0 Å². The van der Waals surface area contributed by atoms with Crippen molar-refractivity contribution in [1.29, 1.82) is 0 Å². The molecule has 0 aliphatic heterocycles. The van der Waals surface area contributed by atoms with Crippen LogP contribution in [0.4, 0.5) is 0 Å². The first kappa shape index (κ1) is 9.45. The maximum absolute atomic E-state index is 10.6. The van der Waals surface area contributed by atoms with Gasteiger partial charge >= 0.3 is 5.97 Å². The van der Waals surface area contributed by atoms with E-state index in [-0.39, 0.29) is 5.56 Å². The van der Waals surface area contributed by atoms with Gasteiger partial charge in [0.25, 0.3) is 0 Å². The SMILES string of the molecule is Cc1coc(-c2ccc(C(=O)O)cc2)n1. The topological polar surface area (TPSA) is 63.3 Å². The van der Waals surface area contributed by atoms with Crippen LogP contribution < -0.4 is 0 Å². The molecule has 4 nitrogen and oxygen atoms in total. The monoisotopic (exact) mass is 203 g/mol. The Balaban J connectivity index is 2.35. The maximum Gasteiger partial charge on any atom is 0.335 e. The van der Waals surface area contributed by atoms with Crippen molar-refractivity contribution in [3.05, 3.63) is 41.8 Å². The highest BCUT2D eigenvalue weighted by Crippen LogP contribution is 2.18. The molecule has 76 valence electrons. The Morgan fingerprint density at radius 2 is 2.00 bits per heavy atom. The van der Waals surface area contributed by atoms with Crippen LogP contribution in [0.2, 0.25) is 0 Å². The summed E-state index contributed by atoms with van der Waals surface area (Å²) < 4.78 is 5.19. The molecular weight excluding hydrogens is 194 g/mol. The molecule has 1 heterocycles. The summed E-state index contributed by atoms with van der Waals surface area (Å²) in [5.74, 6) is -0.436. The van der Waals surface area contributed by atoms with E-state index in [1.165, 1.54) is 12.1 Å². The molecule has 0 amide bonds. The predicted molar refractivity (Wildman–Crippen MR) is 53.6 cm³/mol. The molecule has 0 fully saturated rings. The number of benzene rings is 1. The van der Waals surface area contributed by atoms with Crippen LogP contribution in [-0.4, -0.2) is 16.1 Å². The van der Waals surface area contributed by atoms with Crippen molar-refractivity contribution in [3.63, 3.8) is 0 Å². The van der Waals surface area contributed by atoms with Gasteiger partial charge in [0.2, 0.25) is 5.89 Å². The first-order chi connectivity index (χ1) is 7.16. The summed E-state index contributed by atoms with van der Waals surface area (Å²) in [6, 6.07) is 6.40. The number of carbonyl (C=O) groups is 1. The Morgan fingerprint density at radius 1 is 1.33 bits per heavy atom. The molecule has 15 heavy (non-hydrogen) atoms. The Bertz CT molecular complexity index is 485. The number of hydrogen-bond acceptors (Lipinski definition) is 3. The molecule has 0 atom stereocenters. The standard InChI is InChI=1S/C11H9NO3/c1-7-6-15-10(12-7)8-2-4-9(5-3-8)11(13)14/h2-6H,1H3,(H,13,14). The van der Waals surface area contributed by atoms with E-state index < -0.39 is 5.97 Å². The summed E-state index contributed by atoms with van der Waals surface area (Å²) in [4.78, 5) is 14.8. The number of aromatic nitrogens is 1. The average Bonchev–Trinajstić information content (AvgIpc) is 2.65. The van der Waals surface area contributed by atoms with Crippen molar-refractivity contribution >= 4 is 5.97 Å². The van der Waals surface area contributed by atoms with Crippen molar-refractivity contribution in [1.82, 2.24) is 4.98 Å². The zero-order chi connectivity index (χ0) is 10.8. The van der Waals surface area contributed by atoms with Crippen molar-refractivity contribution in [2.45, 2.75) is 6.92 Å². The van der Waals surface area contributed by atoms with Crippen LogP contribution >= 0.6 is 0 Å². The van der Waals surface area contributed by atoms with Crippen LogP contribution in [0, 0.1) is 6.92 Å². The zero-order valence-electron chi connectivity index (χ0n) is 8.10. The first-order valence-electron chi connectivity index (χ1n) is 4.42. The van der Waals surface area contributed by atoms with Gasteiger partial charge in [-0.05, 0) is 31.2 Å². The molecular formula is C11H9NO3. The highest BCUT2D eigenvalue weighted by Gasteiger charge is 2.06. The fourth-order valence-corrected chi connectivity index (χ4v) is 1.24. The average molecular weight is 203 g/mol. The van der Waals surface area contributed by atoms with Crippen molar-refractivity contribution < 1.29 is 14.3 Å². The van der Waals surface area contributed by atoms with Crippen LogP contribution in [0.15, 0.2) is 34.9 Å². The molecule has 0 saturated carbocycles. The van der Waals surface area contributed by atoms with Crippen LogP contribution in [0.5, 0.6) is 0 Å². The molecule has 1 N–H and O–H groups in total. The lowest BCUT2D eigenvalue weighted by Gasteiger charge is -1.96. The number of carboxylic acid groups (broad SMARTS) is 1. The highest BCUT2D eigenvalue weighted by molar-refractivity contribution is 5.88. The van der Waals surface area contributed by atoms with Crippen LogP contribution in [0.1, 0.15) is 16.1 Å². The van der Waals surface area contributed by atoms with E-state index in [1.807, 2.05) is 6.92 Å². The highest BCUT2D eigenvalue weighted by atomic mass is 16.4. The first-order valence-corrected chi connectivity index (χ1v) is 4.42. The van der Waals surface area contributed by atoms with Gasteiger partial charge in [0.1, 0.15) is 6.26 Å². The van der Waals surface area contributed by atoms with E-state index in [1.54, 1.807) is 18.4 Å². The van der Waals surface area contributed by atoms with Gasteiger partial charge in [0.15, 0.2) is 0 Å². The maximum atomic E-state index is 10.6. The van der Waals surface area contributed by atoms with Gasteiger partial charge in [-0.1, -0.05) is 0 Å². The van der Waals surface area contributed by atoms with Crippen LogP contribution in [0.3, 0.4) is 0 Å². The van der Waals surface area contributed by atoms with Gasteiger partial charge in [-0.15, -0.1) is 0 Å². The molecule has 0 aliphatic carbocycles. The van der Waals surface area contributed by atoms with Crippen molar-refractivity contribution in [2.75, 3.05) is 0 Å². The second-order valence-electron chi connectivity index (χ2n) is 3.18. The smallest absolute Gasteiger partial charge is 0.335 e. The second-order valence-corrected chi connectivity index (χ2v) is 3.18. The molecule has 0 radical (unpaired) electrons. The van der Waals surface area contributed by atoms with Crippen molar-refractivity contribution in [2.24, 2.45) is 0 Å². The van der Waals surface area contributed by atoms with E-state index in [0.717, 1.165) is 11.3 Å². The van der Waals surface area contributed by atoms with E-state index in [9.17, 15) is 4.79 Å². The molecule has 0 unspecified atom stereocenters. The molecule has 2 rings (SSSR count). The number of rotatable bonds is 2. The summed E-state index contributed by atoms with van der Waals surface area (Å²) in [5.41, 5.74) is 1.82. The summed E-state index contributed by atoms with van der Waals surface area (Å²) in [6.07, 6.45) is 1.56. The number of oxazole rings is 1. The molecule has 1 aromatic carbocycles. The number of hydrogen-bond donors (Lipinski definition) is 1. The van der Waals surface area contributed by atoms with E-state index in [4.69, 9.17) is 9.52 Å². The minimum Gasteiger partial charge on any atom is -0.478 e. The Morgan fingerprint density at radius 3 is 2.47 bits per heavy atom. The largest absolute Gasteiger partial charge is 0.478 e. The summed E-state index contributed by atoms with van der Waals surface area (Å²) in [7, 11) is 0. The number of aromatic carboxylic acids is 1. The molecule has 2 aromatic rings. The number of aryl methyl sites for hydroxylation is 1. The molecule has 0 saturated heterocycles. The summed E-state index contributed by atoms with van der Waals surface area (Å²) in [6.45, 7) is 1.83. The number of carboxylic acids is 1. The van der Waals surface area contributed by atoms with Gasteiger partial charge in [-0.25, -0.2) is 9.78 Å². The lowest BCUT2D eigenvalue weighted by molar-refractivity contribution is 0.0697. The fourth-order valence-electron chi connectivity index (χ4n) is 1.24. The molecule has 1 aromatic heterocycles. The zero-order valence-corrected chi connectivity index (χ0v) is 8.10. The third kappa shape index (κ3) is 1.88. The third-order valence-corrected chi connectivity index (χ3v) is 2.00. The minimum absolute atomic E-state index is 0.252. The lowest BCUT2D eigenvalue weighted by atomic mass is 10.1. The van der Waals surface area contributed by atoms with Gasteiger partial charge < -0.3 is 9.52 Å². The van der Waals surface area contributed by atoms with Crippen LogP contribution in [0.25, 0.3) is 11.5 Å². The Labute approximate surface area is 86.2 Å². The lowest BCUT2D eigenvalue weighted by Crippen LogP contribution is -1.94. The Kier molecular flexibility index (Phi) is 2.25. The van der Waals surface area contributed by atoms with Crippen molar-refractivity contribution in [3.8, 4) is 11.5 Å².